The van der Waals surface area contributed by atoms with Crippen LogP contribution < -0.4 is 0 Å². The van der Waals surface area contributed by atoms with Gasteiger partial charge in [-0.3, -0.25) is 4.90 Å². The third-order valence-corrected chi connectivity index (χ3v) is 3.18. The standard InChI is InChI=1S/C13H17F2NO2/c14-11-3-4-12(17)10(13(11)15)2-1-5-16-6-8-18-9-7-16/h3-4,17H,1-2,5-9H2. The first-order chi connectivity index (χ1) is 8.68. The van der Waals surface area contributed by atoms with E-state index in [1.165, 1.54) is 6.07 Å². The summed E-state index contributed by atoms with van der Waals surface area (Å²) in [4.78, 5) is 2.22. The number of phenolic OH excluding ortho intramolecular Hbond substituents is 1. The highest BCUT2D eigenvalue weighted by Crippen LogP contribution is 2.23. The van der Waals surface area contributed by atoms with Crippen LogP contribution in [0, 0.1) is 11.6 Å². The molecule has 0 atom stereocenters. The van der Waals surface area contributed by atoms with Crippen LogP contribution in [0.4, 0.5) is 8.78 Å². The third kappa shape index (κ3) is 3.17. The Morgan fingerprint density at radius 3 is 2.67 bits per heavy atom. The minimum Gasteiger partial charge on any atom is -0.508 e. The Balaban J connectivity index is 1.88. The Bertz CT molecular complexity index is 406. The first-order valence-electron chi connectivity index (χ1n) is 6.14. The van der Waals surface area contributed by atoms with E-state index in [-0.39, 0.29) is 11.3 Å². The van der Waals surface area contributed by atoms with Crippen LogP contribution in [-0.4, -0.2) is 42.9 Å². The van der Waals surface area contributed by atoms with Gasteiger partial charge in [-0.25, -0.2) is 8.78 Å². The van der Waals surface area contributed by atoms with E-state index in [0.29, 0.717) is 12.8 Å². The zero-order valence-corrected chi connectivity index (χ0v) is 10.2. The van der Waals surface area contributed by atoms with Crippen molar-refractivity contribution < 1.29 is 18.6 Å². The summed E-state index contributed by atoms with van der Waals surface area (Å²) in [6, 6.07) is 2.14. The van der Waals surface area contributed by atoms with Crippen LogP contribution >= 0.6 is 0 Å². The average molecular weight is 257 g/mol. The first kappa shape index (κ1) is 13.2. The fraction of sp³-hybridized carbons (Fsp3) is 0.538. The molecule has 0 aromatic heterocycles. The topological polar surface area (TPSA) is 32.7 Å². The van der Waals surface area contributed by atoms with Crippen LogP contribution in [0.25, 0.3) is 0 Å². The largest absolute Gasteiger partial charge is 0.508 e. The van der Waals surface area contributed by atoms with E-state index in [1.807, 2.05) is 0 Å². The maximum absolute atomic E-state index is 13.5. The van der Waals surface area contributed by atoms with E-state index in [0.717, 1.165) is 38.9 Å². The molecule has 0 bridgehead atoms. The number of ether oxygens (including phenoxy) is 1. The molecule has 1 aliphatic rings. The number of nitrogens with zero attached hydrogens (tertiary/aromatic N) is 1. The van der Waals surface area contributed by atoms with Crippen molar-refractivity contribution in [2.24, 2.45) is 0 Å². The van der Waals surface area contributed by atoms with Crippen molar-refractivity contribution in [3.8, 4) is 5.75 Å². The van der Waals surface area contributed by atoms with Gasteiger partial charge in [0, 0.05) is 18.7 Å². The fourth-order valence-corrected chi connectivity index (χ4v) is 2.12. The Morgan fingerprint density at radius 1 is 1.22 bits per heavy atom. The van der Waals surface area contributed by atoms with E-state index in [4.69, 9.17) is 4.74 Å². The molecule has 1 fully saturated rings. The number of phenols is 1. The van der Waals surface area contributed by atoms with Gasteiger partial charge in [0.05, 0.1) is 13.2 Å². The zero-order chi connectivity index (χ0) is 13.0. The van der Waals surface area contributed by atoms with Gasteiger partial charge < -0.3 is 9.84 Å². The number of benzene rings is 1. The molecule has 0 saturated carbocycles. The number of rotatable bonds is 4. The van der Waals surface area contributed by atoms with E-state index in [1.54, 1.807) is 0 Å². The molecule has 3 nitrogen and oxygen atoms in total. The summed E-state index contributed by atoms with van der Waals surface area (Å²) in [5.74, 6) is -2.01. The SMILES string of the molecule is Oc1ccc(F)c(F)c1CCCN1CCOCC1. The highest BCUT2D eigenvalue weighted by Gasteiger charge is 2.14. The Hall–Kier alpha value is -1.20. The van der Waals surface area contributed by atoms with Gasteiger partial charge in [0.15, 0.2) is 11.6 Å². The predicted octanol–water partition coefficient (Wildman–Crippen LogP) is 1.94. The second-order valence-corrected chi connectivity index (χ2v) is 4.42. The molecular weight excluding hydrogens is 240 g/mol. The van der Waals surface area contributed by atoms with Crippen LogP contribution in [0.15, 0.2) is 12.1 Å². The summed E-state index contributed by atoms with van der Waals surface area (Å²) < 4.78 is 31.7. The lowest BCUT2D eigenvalue weighted by Crippen LogP contribution is -2.36. The van der Waals surface area contributed by atoms with Gasteiger partial charge in [0.25, 0.3) is 0 Å². The third-order valence-electron chi connectivity index (χ3n) is 3.18. The number of halogens is 2. The Kier molecular flexibility index (Phi) is 4.49. The maximum Gasteiger partial charge on any atom is 0.165 e. The molecule has 1 saturated heterocycles. The van der Waals surface area contributed by atoms with Crippen LogP contribution in [0.5, 0.6) is 5.75 Å². The molecule has 0 aliphatic carbocycles. The monoisotopic (exact) mass is 257 g/mol. The van der Waals surface area contributed by atoms with Crippen molar-refractivity contribution in [1.82, 2.24) is 4.90 Å². The van der Waals surface area contributed by atoms with Gasteiger partial charge in [0.2, 0.25) is 0 Å². The van der Waals surface area contributed by atoms with Crippen molar-refractivity contribution in [2.45, 2.75) is 12.8 Å². The summed E-state index contributed by atoms with van der Waals surface area (Å²) in [7, 11) is 0. The molecule has 1 heterocycles. The quantitative estimate of drug-likeness (QED) is 0.894. The van der Waals surface area contributed by atoms with Crippen molar-refractivity contribution >= 4 is 0 Å². The molecule has 0 radical (unpaired) electrons. The molecule has 100 valence electrons. The summed E-state index contributed by atoms with van der Waals surface area (Å²) in [5.41, 5.74) is 0.0725. The van der Waals surface area contributed by atoms with E-state index < -0.39 is 11.6 Å². The highest BCUT2D eigenvalue weighted by atomic mass is 19.2. The molecule has 1 aromatic carbocycles. The van der Waals surface area contributed by atoms with Crippen LogP contribution in [0.2, 0.25) is 0 Å². The van der Waals surface area contributed by atoms with E-state index >= 15 is 0 Å². The predicted molar refractivity (Wildman–Crippen MR) is 63.6 cm³/mol. The van der Waals surface area contributed by atoms with E-state index in [2.05, 4.69) is 4.90 Å². The van der Waals surface area contributed by atoms with E-state index in [9.17, 15) is 13.9 Å². The first-order valence-corrected chi connectivity index (χ1v) is 6.14. The second kappa shape index (κ2) is 6.11. The van der Waals surface area contributed by atoms with Gasteiger partial charge >= 0.3 is 0 Å². The molecular formula is C13H17F2NO2. The van der Waals surface area contributed by atoms with Gasteiger partial charge in [-0.05, 0) is 31.5 Å². The normalized spacial score (nSPS) is 17.0. The van der Waals surface area contributed by atoms with Crippen molar-refractivity contribution in [3.05, 3.63) is 29.3 Å². The minimum absolute atomic E-state index is 0.0725. The molecule has 18 heavy (non-hydrogen) atoms. The molecule has 2 rings (SSSR count). The minimum atomic E-state index is -0.933. The van der Waals surface area contributed by atoms with Crippen LogP contribution in [-0.2, 0) is 11.2 Å². The molecule has 1 aromatic rings. The van der Waals surface area contributed by atoms with Gasteiger partial charge in [0.1, 0.15) is 5.75 Å². The van der Waals surface area contributed by atoms with Crippen LogP contribution in [0.3, 0.4) is 0 Å². The Morgan fingerprint density at radius 2 is 1.94 bits per heavy atom. The van der Waals surface area contributed by atoms with Crippen LogP contribution in [0.1, 0.15) is 12.0 Å². The maximum atomic E-state index is 13.5. The molecule has 0 amide bonds. The molecule has 5 heteroatoms. The molecule has 0 spiro atoms. The number of hydrogen-bond donors (Lipinski definition) is 1. The summed E-state index contributed by atoms with van der Waals surface area (Å²) in [5, 5.41) is 9.51. The van der Waals surface area contributed by atoms with Gasteiger partial charge in [-0.15, -0.1) is 0 Å². The lowest BCUT2D eigenvalue weighted by atomic mass is 10.1. The Labute approximate surface area is 105 Å². The summed E-state index contributed by atoms with van der Waals surface area (Å²) in [6.07, 6.45) is 1.03. The molecule has 0 unspecified atom stereocenters. The smallest absolute Gasteiger partial charge is 0.165 e. The molecule has 1 aliphatic heterocycles. The molecule has 1 N–H and O–H groups in total. The lowest BCUT2D eigenvalue weighted by Gasteiger charge is -2.26. The van der Waals surface area contributed by atoms with Crippen molar-refractivity contribution in [2.75, 3.05) is 32.8 Å². The summed E-state index contributed by atoms with van der Waals surface area (Å²) >= 11 is 0. The fourth-order valence-electron chi connectivity index (χ4n) is 2.12. The number of morpholine rings is 1. The van der Waals surface area contributed by atoms with Crippen molar-refractivity contribution in [3.63, 3.8) is 0 Å². The summed E-state index contributed by atoms with van der Waals surface area (Å²) in [6.45, 7) is 3.99. The zero-order valence-electron chi connectivity index (χ0n) is 10.2. The van der Waals surface area contributed by atoms with Crippen molar-refractivity contribution in [1.29, 1.82) is 0 Å². The second-order valence-electron chi connectivity index (χ2n) is 4.42. The number of hydrogen-bond acceptors (Lipinski definition) is 3. The van der Waals surface area contributed by atoms with Gasteiger partial charge in [-0.2, -0.15) is 0 Å². The number of aromatic hydroxyl groups is 1. The lowest BCUT2D eigenvalue weighted by molar-refractivity contribution is 0.0374. The highest BCUT2D eigenvalue weighted by molar-refractivity contribution is 5.34. The van der Waals surface area contributed by atoms with Gasteiger partial charge in [-0.1, -0.05) is 0 Å². The average Bonchev–Trinajstić information content (AvgIpc) is 2.39.